The van der Waals surface area contributed by atoms with E-state index in [2.05, 4.69) is 5.32 Å². The zero-order valence-electron chi connectivity index (χ0n) is 34.1. The van der Waals surface area contributed by atoms with Crippen LogP contribution in [0.4, 0.5) is 0 Å². The molecule has 0 aromatic rings. The summed E-state index contributed by atoms with van der Waals surface area (Å²) in [5.74, 6) is -13.7. The van der Waals surface area contributed by atoms with Gasteiger partial charge >= 0.3 is 0 Å². The molecular weight excluding hydrogens is 855 g/mol. The third-order valence-electron chi connectivity index (χ3n) is 14.6. The minimum absolute atomic E-state index is 0. The van der Waals surface area contributed by atoms with Gasteiger partial charge in [-0.15, -0.1) is 5.70 Å². The first-order valence-corrected chi connectivity index (χ1v) is 20.7. The molecule has 62 heavy (non-hydrogen) atoms. The van der Waals surface area contributed by atoms with Gasteiger partial charge in [-0.25, -0.2) is 0 Å². The van der Waals surface area contributed by atoms with Crippen LogP contribution in [0.1, 0.15) is 104 Å². The van der Waals surface area contributed by atoms with Crippen LogP contribution in [0.2, 0.25) is 0 Å². The van der Waals surface area contributed by atoms with Crippen LogP contribution in [0.3, 0.4) is 0 Å². The largest absolute Gasteiger partial charge is 0.664 e. The van der Waals surface area contributed by atoms with Crippen molar-refractivity contribution in [3.05, 3.63) is 28.4 Å². The number of amides is 2. The number of nitrogens with zero attached hydrogens (tertiary/aromatic N) is 4. The van der Waals surface area contributed by atoms with Crippen LogP contribution in [-0.2, 0) is 54.8 Å². The van der Waals surface area contributed by atoms with Crippen molar-refractivity contribution in [1.82, 2.24) is 5.32 Å². The number of allylic oxidation sites excluding steroid dienone is 4. The Morgan fingerprint density at radius 1 is 0.855 bits per heavy atom. The van der Waals surface area contributed by atoms with Gasteiger partial charge in [0.2, 0.25) is 11.8 Å². The third kappa shape index (κ3) is 8.21. The average molecular weight is 902 g/mol. The van der Waals surface area contributed by atoms with Gasteiger partial charge in [0.25, 0.3) is 0 Å². The molecule has 0 aromatic heterocycles. The van der Waals surface area contributed by atoms with Crippen LogP contribution in [0.25, 0.3) is 5.32 Å². The van der Waals surface area contributed by atoms with Crippen molar-refractivity contribution in [2.45, 2.75) is 121 Å². The second kappa shape index (κ2) is 17.1. The summed E-state index contributed by atoms with van der Waals surface area (Å²) in [4.78, 5) is 117. The molecule has 338 valence electrons. The van der Waals surface area contributed by atoms with E-state index in [-0.39, 0.29) is 103 Å². The number of rotatable bonds is 15. The molecule has 1 unspecified atom stereocenters. The molecule has 1 spiro atoms. The van der Waals surface area contributed by atoms with E-state index in [1.54, 1.807) is 13.8 Å². The fourth-order valence-corrected chi connectivity index (χ4v) is 11.9. The van der Waals surface area contributed by atoms with Crippen LogP contribution in [0, 0.1) is 46.3 Å². The Kier molecular flexibility index (Phi) is 12.8. The van der Waals surface area contributed by atoms with E-state index in [9.17, 15) is 63.9 Å². The molecule has 3 fully saturated rings. The molecule has 19 nitrogen and oxygen atoms in total. The van der Waals surface area contributed by atoms with Crippen LogP contribution in [0.5, 0.6) is 0 Å². The third-order valence-corrected chi connectivity index (χ3v) is 14.6. The predicted molar refractivity (Wildman–Crippen MR) is 200 cm³/mol. The standard InChI is InChI=1S/C42H52N6O13.Ni/c1-40(16-30(43)50)22(5-9-33(54)55)27-15-42-41(2,17-31(51)48-42)23(6-10-34(56)57)26(47-42)13-24-20(11-35(58)59)19(4-8-32(52)53)39(45-24)37-28(49)7-3-18-21(12-36(60)61)25(46-38(18)37)14-29(40)44-27;/h13,18-23,25,27H,3-12,14-17H2,1-2H3,(H9,43,45,46,47,48,49,50,51,52,53,54,55,56,57,58,59,60,61);/p-6/t18-,19-,20-,21-,22+,23+,25?,27-,40-,41-,42-;/m0./s1. The van der Waals surface area contributed by atoms with E-state index in [4.69, 9.17) is 26.0 Å². The molecule has 6 aliphatic heterocycles. The van der Waals surface area contributed by atoms with Gasteiger partial charge in [0.05, 0.1) is 12.1 Å². The minimum atomic E-state index is -1.53. The Bertz CT molecular complexity index is 2170. The number of fused-ring (bicyclic) bond motifs is 4. The monoisotopic (exact) mass is 900 g/mol. The van der Waals surface area contributed by atoms with E-state index in [1.165, 1.54) is 6.08 Å². The molecule has 3 N–H and O–H groups in total. The molecule has 0 aromatic carbocycles. The van der Waals surface area contributed by atoms with Gasteiger partial charge in [-0.05, 0) is 81.5 Å². The normalized spacial score (nSPS) is 37.4. The van der Waals surface area contributed by atoms with Crippen molar-refractivity contribution in [2.75, 3.05) is 0 Å². The zero-order chi connectivity index (χ0) is 44.3. The molecule has 20 heteroatoms. The number of carboxylic acid groups (broad SMARTS) is 5. The molecule has 6 heterocycles. The Morgan fingerprint density at radius 2 is 1.50 bits per heavy atom. The van der Waals surface area contributed by atoms with Gasteiger partial charge < -0.3 is 65.9 Å². The van der Waals surface area contributed by atoms with Crippen molar-refractivity contribution in [3.8, 4) is 0 Å². The van der Waals surface area contributed by atoms with Gasteiger partial charge in [0, 0.05) is 124 Å². The molecule has 7 rings (SSSR count). The number of carbonyl (C=O) groups is 8. The number of nitrogens with one attached hydrogen (secondary N) is 1. The average Bonchev–Trinajstić information content (AvgIpc) is 3.83. The second-order valence-electron chi connectivity index (χ2n) is 18.2. The topological polar surface area (TPSA) is 341 Å². The maximum absolute atomic E-state index is 14.2. The van der Waals surface area contributed by atoms with E-state index >= 15 is 0 Å². The number of Topliss-reactive ketones (excluding diaryl/α,β-unsaturated/α-hetero) is 1. The maximum Gasteiger partial charge on any atom is 0.222 e. The number of aliphatic imine (C=N–C) groups is 3. The smallest absolute Gasteiger partial charge is 0.222 e. The molecule has 8 bridgehead atoms. The van der Waals surface area contributed by atoms with E-state index < -0.39 is 144 Å². The number of primary amides is 1. The number of hydrogen-bond donors (Lipinski definition) is 2. The SMILES string of the molecule is C[C@@]12CC(=O)N[C@@]13C[C@@H]1N=C(CC4N=C5/C(=C6\[N-]/C(=C\C(=N3)[C@H]2CCC(=O)[O-])[C@@H](CC(=O)[O-])[C@@H]6CCC(=O)[O-])C(=O)CC[C@H]5[C@@H]4CC(=O)[O-])[C@@](C)(CC(N)=O)[C@@H]1CCC(=O)[O-].[Ni]. The molecule has 0 radical (unpaired) electrons. The molecule has 2 amide bonds. The van der Waals surface area contributed by atoms with Crippen LogP contribution < -0.4 is 36.6 Å². The number of carbonyl (C=O) groups excluding carboxylic acids is 8. The summed E-state index contributed by atoms with van der Waals surface area (Å²) in [6.45, 7) is 3.48. The first-order chi connectivity index (χ1) is 28.7. The van der Waals surface area contributed by atoms with Gasteiger partial charge in [-0.2, -0.15) is 5.70 Å². The van der Waals surface area contributed by atoms with E-state index in [0.29, 0.717) is 5.71 Å². The summed E-state index contributed by atoms with van der Waals surface area (Å²) < 4.78 is 0. The fraction of sp³-hybridized carbons (Fsp3) is 0.643. The minimum Gasteiger partial charge on any atom is -0.664 e. The van der Waals surface area contributed by atoms with E-state index in [0.717, 1.165) is 0 Å². The number of nitrogens with two attached hydrogens (primary N) is 1. The molecular formula is C42H46N6NiO13-6. The van der Waals surface area contributed by atoms with Crippen LogP contribution in [-0.4, -0.2) is 82.3 Å². The molecule has 1 aliphatic carbocycles. The van der Waals surface area contributed by atoms with Crippen molar-refractivity contribution in [2.24, 2.45) is 67.0 Å². The first-order valence-electron chi connectivity index (χ1n) is 20.7. The predicted octanol–water partition coefficient (Wildman–Crippen LogP) is -3.56. The quantitative estimate of drug-likeness (QED) is 0.151. The zero-order valence-corrected chi connectivity index (χ0v) is 35.1. The molecule has 7 aliphatic rings. The number of hydrogen-bond acceptors (Lipinski definition) is 16. The van der Waals surface area contributed by atoms with Gasteiger partial charge in [0.15, 0.2) is 5.78 Å². The Labute approximate surface area is 366 Å². The Morgan fingerprint density at radius 3 is 2.13 bits per heavy atom. The van der Waals surface area contributed by atoms with Crippen LogP contribution >= 0.6 is 0 Å². The molecule has 11 atom stereocenters. The van der Waals surface area contributed by atoms with Crippen molar-refractivity contribution in [3.63, 3.8) is 0 Å². The maximum atomic E-state index is 14.2. The second-order valence-corrected chi connectivity index (χ2v) is 18.2. The van der Waals surface area contributed by atoms with Crippen molar-refractivity contribution < 1.29 is 80.4 Å². The van der Waals surface area contributed by atoms with Crippen molar-refractivity contribution in [1.29, 1.82) is 0 Å². The summed E-state index contributed by atoms with van der Waals surface area (Å²) in [5, 5.41) is 68.6. The number of aliphatic carboxylic acids is 5. The summed E-state index contributed by atoms with van der Waals surface area (Å²) in [7, 11) is 0. The number of ketones is 1. The Balaban J connectivity index is 0.00000641. The number of carboxylic acids is 5. The van der Waals surface area contributed by atoms with Gasteiger partial charge in [0.1, 0.15) is 5.66 Å². The van der Waals surface area contributed by atoms with Gasteiger partial charge in [-0.1, -0.05) is 19.9 Å². The van der Waals surface area contributed by atoms with Crippen LogP contribution in [0.15, 0.2) is 38.0 Å². The fourth-order valence-electron chi connectivity index (χ4n) is 11.9. The first kappa shape index (κ1) is 46.3. The van der Waals surface area contributed by atoms with Gasteiger partial charge in [-0.3, -0.25) is 29.4 Å². The van der Waals surface area contributed by atoms with Crippen molar-refractivity contribution >= 4 is 64.6 Å². The summed E-state index contributed by atoms with van der Waals surface area (Å²) in [6.07, 6.45) is -1.91. The van der Waals surface area contributed by atoms with E-state index in [1.807, 2.05) is 0 Å². The summed E-state index contributed by atoms with van der Waals surface area (Å²) in [6, 6.07) is -1.73. The summed E-state index contributed by atoms with van der Waals surface area (Å²) in [5.41, 5.74) is 2.93. The molecule has 2 saturated heterocycles. The summed E-state index contributed by atoms with van der Waals surface area (Å²) >= 11 is 0. The Hall–Kier alpha value is -5.26. The molecule has 1 saturated carbocycles.